The molecule has 0 unspecified atom stereocenters. The monoisotopic (exact) mass is 268 g/mol. The van der Waals surface area contributed by atoms with Crippen LogP contribution in [0.25, 0.3) is 10.9 Å². The minimum absolute atomic E-state index is 0.0748. The van der Waals surface area contributed by atoms with Gasteiger partial charge >= 0.3 is 0 Å². The lowest BCUT2D eigenvalue weighted by atomic mass is 10.2. The number of aromatic amines is 1. The molecule has 0 aliphatic rings. The SMILES string of the molecule is O=c1[nH]c(CSc2ccccc2)nc2ccccc12. The predicted octanol–water partition coefficient (Wildman–Crippen LogP) is 3.22. The van der Waals surface area contributed by atoms with Crippen molar-refractivity contribution in [2.45, 2.75) is 10.6 Å². The molecule has 4 heteroatoms. The third-order valence-corrected chi connectivity index (χ3v) is 3.80. The Hall–Kier alpha value is -2.07. The van der Waals surface area contributed by atoms with E-state index in [2.05, 4.69) is 9.97 Å². The average molecular weight is 268 g/mol. The van der Waals surface area contributed by atoms with E-state index in [4.69, 9.17) is 0 Å². The van der Waals surface area contributed by atoms with Crippen LogP contribution in [0.4, 0.5) is 0 Å². The maximum absolute atomic E-state index is 11.9. The molecule has 1 aromatic heterocycles. The van der Waals surface area contributed by atoms with Crippen LogP contribution in [-0.4, -0.2) is 9.97 Å². The minimum atomic E-state index is -0.0748. The van der Waals surface area contributed by atoms with E-state index in [1.165, 1.54) is 4.90 Å². The zero-order valence-corrected chi connectivity index (χ0v) is 11.0. The molecule has 19 heavy (non-hydrogen) atoms. The van der Waals surface area contributed by atoms with Crippen molar-refractivity contribution in [2.75, 3.05) is 0 Å². The number of rotatable bonds is 3. The van der Waals surface area contributed by atoms with Gasteiger partial charge in [0.25, 0.3) is 5.56 Å². The van der Waals surface area contributed by atoms with Crippen molar-refractivity contribution in [2.24, 2.45) is 0 Å². The van der Waals surface area contributed by atoms with Crippen molar-refractivity contribution >= 4 is 22.7 Å². The highest BCUT2D eigenvalue weighted by molar-refractivity contribution is 7.98. The Labute approximate surface area is 114 Å². The molecule has 2 aromatic carbocycles. The first-order valence-corrected chi connectivity index (χ1v) is 6.97. The summed E-state index contributed by atoms with van der Waals surface area (Å²) in [6.45, 7) is 0. The first kappa shape index (κ1) is 12.0. The quantitative estimate of drug-likeness (QED) is 0.742. The Balaban J connectivity index is 1.88. The number of hydrogen-bond acceptors (Lipinski definition) is 3. The fourth-order valence-electron chi connectivity index (χ4n) is 1.87. The lowest BCUT2D eigenvalue weighted by molar-refractivity contribution is 1.04. The van der Waals surface area contributed by atoms with E-state index < -0.39 is 0 Å². The van der Waals surface area contributed by atoms with Gasteiger partial charge in [-0.2, -0.15) is 0 Å². The topological polar surface area (TPSA) is 45.8 Å². The third-order valence-electron chi connectivity index (χ3n) is 2.78. The van der Waals surface area contributed by atoms with E-state index in [0.29, 0.717) is 17.0 Å². The molecule has 94 valence electrons. The largest absolute Gasteiger partial charge is 0.309 e. The fraction of sp³-hybridized carbons (Fsp3) is 0.0667. The van der Waals surface area contributed by atoms with Crippen LogP contribution in [0.2, 0.25) is 0 Å². The molecule has 0 spiro atoms. The average Bonchev–Trinajstić information content (AvgIpc) is 2.46. The maximum atomic E-state index is 11.9. The van der Waals surface area contributed by atoms with Crippen molar-refractivity contribution in [3.63, 3.8) is 0 Å². The van der Waals surface area contributed by atoms with Crippen LogP contribution in [0.15, 0.2) is 64.3 Å². The summed E-state index contributed by atoms with van der Waals surface area (Å²) in [5.41, 5.74) is 0.671. The van der Waals surface area contributed by atoms with Gasteiger partial charge < -0.3 is 4.98 Å². The summed E-state index contributed by atoms with van der Waals surface area (Å²) in [5.74, 6) is 1.36. The Morgan fingerprint density at radius 3 is 2.58 bits per heavy atom. The Bertz CT molecular complexity index is 753. The van der Waals surface area contributed by atoms with Crippen LogP contribution < -0.4 is 5.56 Å². The number of nitrogens with one attached hydrogen (secondary N) is 1. The smallest absolute Gasteiger partial charge is 0.258 e. The Morgan fingerprint density at radius 1 is 1.00 bits per heavy atom. The molecule has 0 amide bonds. The van der Waals surface area contributed by atoms with Gasteiger partial charge in [-0.25, -0.2) is 4.98 Å². The summed E-state index contributed by atoms with van der Waals surface area (Å²) in [4.78, 5) is 20.4. The third kappa shape index (κ3) is 2.69. The highest BCUT2D eigenvalue weighted by Crippen LogP contribution is 2.20. The summed E-state index contributed by atoms with van der Waals surface area (Å²) in [6.07, 6.45) is 0. The van der Waals surface area contributed by atoms with E-state index >= 15 is 0 Å². The van der Waals surface area contributed by atoms with E-state index in [1.54, 1.807) is 17.8 Å². The van der Waals surface area contributed by atoms with Crippen molar-refractivity contribution in [1.82, 2.24) is 9.97 Å². The molecule has 0 saturated carbocycles. The lowest BCUT2D eigenvalue weighted by Gasteiger charge is -2.03. The van der Waals surface area contributed by atoms with E-state index in [1.807, 2.05) is 48.5 Å². The normalized spacial score (nSPS) is 10.7. The minimum Gasteiger partial charge on any atom is -0.309 e. The summed E-state index contributed by atoms with van der Waals surface area (Å²) in [5, 5.41) is 0.635. The number of H-pyrrole nitrogens is 1. The first-order valence-electron chi connectivity index (χ1n) is 5.99. The maximum Gasteiger partial charge on any atom is 0.258 e. The molecule has 3 nitrogen and oxygen atoms in total. The van der Waals surface area contributed by atoms with E-state index in [0.717, 1.165) is 5.52 Å². The lowest BCUT2D eigenvalue weighted by Crippen LogP contribution is -2.11. The number of para-hydroxylation sites is 1. The second kappa shape index (κ2) is 5.28. The van der Waals surface area contributed by atoms with Gasteiger partial charge in [0.2, 0.25) is 0 Å². The van der Waals surface area contributed by atoms with E-state index in [9.17, 15) is 4.79 Å². The van der Waals surface area contributed by atoms with Crippen LogP contribution >= 0.6 is 11.8 Å². The van der Waals surface area contributed by atoms with Gasteiger partial charge in [0.15, 0.2) is 0 Å². The van der Waals surface area contributed by atoms with Crippen molar-refractivity contribution in [1.29, 1.82) is 0 Å². The molecular formula is C15H12N2OS. The van der Waals surface area contributed by atoms with Crippen LogP contribution in [0, 0.1) is 0 Å². The number of thioether (sulfide) groups is 1. The van der Waals surface area contributed by atoms with Gasteiger partial charge in [-0.05, 0) is 24.3 Å². The zero-order chi connectivity index (χ0) is 13.1. The summed E-state index contributed by atoms with van der Waals surface area (Å²) < 4.78 is 0. The molecule has 0 bridgehead atoms. The molecule has 0 atom stereocenters. The van der Waals surface area contributed by atoms with Gasteiger partial charge in [0, 0.05) is 4.90 Å². The molecule has 0 radical (unpaired) electrons. The summed E-state index contributed by atoms with van der Waals surface area (Å²) in [7, 11) is 0. The molecular weight excluding hydrogens is 256 g/mol. The van der Waals surface area contributed by atoms with Crippen molar-refractivity contribution < 1.29 is 0 Å². The molecule has 0 saturated heterocycles. The number of fused-ring (bicyclic) bond motifs is 1. The zero-order valence-electron chi connectivity index (χ0n) is 10.2. The number of hydrogen-bond donors (Lipinski definition) is 1. The number of benzene rings is 2. The molecule has 3 rings (SSSR count). The van der Waals surface area contributed by atoms with Gasteiger partial charge in [-0.15, -0.1) is 11.8 Å². The predicted molar refractivity (Wildman–Crippen MR) is 78.4 cm³/mol. The Kier molecular flexibility index (Phi) is 3.33. The Morgan fingerprint density at radius 2 is 1.74 bits per heavy atom. The van der Waals surface area contributed by atoms with Crippen LogP contribution in [-0.2, 0) is 5.75 Å². The number of aromatic nitrogens is 2. The molecule has 3 aromatic rings. The second-order valence-electron chi connectivity index (χ2n) is 4.13. The molecule has 0 aliphatic heterocycles. The van der Waals surface area contributed by atoms with Crippen LogP contribution in [0.3, 0.4) is 0 Å². The highest BCUT2D eigenvalue weighted by Gasteiger charge is 2.03. The second-order valence-corrected chi connectivity index (χ2v) is 5.18. The van der Waals surface area contributed by atoms with E-state index in [-0.39, 0.29) is 5.56 Å². The highest BCUT2D eigenvalue weighted by atomic mass is 32.2. The summed E-state index contributed by atoms with van der Waals surface area (Å²) in [6, 6.07) is 17.5. The molecule has 1 N–H and O–H groups in total. The standard InChI is InChI=1S/C15H12N2OS/c18-15-12-8-4-5-9-13(12)16-14(17-15)10-19-11-6-2-1-3-7-11/h1-9H,10H2,(H,16,17,18). The van der Waals surface area contributed by atoms with Gasteiger partial charge in [0.05, 0.1) is 16.7 Å². The first-order chi connectivity index (χ1) is 9.33. The van der Waals surface area contributed by atoms with Gasteiger partial charge in [-0.1, -0.05) is 30.3 Å². The molecule has 1 heterocycles. The number of nitrogens with zero attached hydrogens (tertiary/aromatic N) is 1. The summed E-state index contributed by atoms with van der Waals surface area (Å²) >= 11 is 1.66. The van der Waals surface area contributed by atoms with Gasteiger partial charge in [0.1, 0.15) is 5.82 Å². The molecule has 0 fully saturated rings. The van der Waals surface area contributed by atoms with Crippen LogP contribution in [0.1, 0.15) is 5.82 Å². The van der Waals surface area contributed by atoms with Crippen molar-refractivity contribution in [3.8, 4) is 0 Å². The fourth-order valence-corrected chi connectivity index (χ4v) is 2.66. The van der Waals surface area contributed by atoms with Gasteiger partial charge in [-0.3, -0.25) is 4.79 Å². The van der Waals surface area contributed by atoms with Crippen molar-refractivity contribution in [3.05, 3.63) is 70.8 Å². The molecule has 0 aliphatic carbocycles. The van der Waals surface area contributed by atoms with Crippen LogP contribution in [0.5, 0.6) is 0 Å².